The zero-order chi connectivity index (χ0) is 10.8. The molecule has 1 aliphatic rings. The lowest BCUT2D eigenvalue weighted by Gasteiger charge is -2.13. The van der Waals surface area contributed by atoms with Gasteiger partial charge in [0.15, 0.2) is 0 Å². The van der Waals surface area contributed by atoms with Crippen molar-refractivity contribution in [3.8, 4) is 0 Å². The zero-order valence-electron chi connectivity index (χ0n) is 7.87. The fourth-order valence-corrected chi connectivity index (χ4v) is 1.85. The van der Waals surface area contributed by atoms with E-state index in [1.165, 1.54) is 11.0 Å². The van der Waals surface area contributed by atoms with Crippen LogP contribution in [0.2, 0.25) is 0 Å². The lowest BCUT2D eigenvalue weighted by Crippen LogP contribution is -2.24. The molecule has 0 N–H and O–H groups in total. The Morgan fingerprint density at radius 1 is 1.53 bits per heavy atom. The summed E-state index contributed by atoms with van der Waals surface area (Å²) < 4.78 is 18.9. The molecule has 0 aliphatic carbocycles. The van der Waals surface area contributed by atoms with E-state index in [2.05, 4.69) is 15.9 Å². The summed E-state index contributed by atoms with van der Waals surface area (Å²) in [7, 11) is 0. The average molecular weight is 274 g/mol. The van der Waals surface area contributed by atoms with Gasteiger partial charge in [-0.15, -0.1) is 0 Å². The van der Waals surface area contributed by atoms with Crippen molar-refractivity contribution in [2.75, 3.05) is 13.2 Å². The van der Waals surface area contributed by atoms with Crippen LogP contribution in [-0.4, -0.2) is 24.1 Å². The number of carbonyl (C=O) groups is 1. The van der Waals surface area contributed by atoms with Gasteiger partial charge in [-0.25, -0.2) is 9.18 Å². The molecule has 0 spiro atoms. The van der Waals surface area contributed by atoms with Crippen LogP contribution in [0.5, 0.6) is 0 Å². The highest BCUT2D eigenvalue weighted by Gasteiger charge is 2.22. The topological polar surface area (TPSA) is 29.5 Å². The maximum Gasteiger partial charge on any atom is 0.410 e. The Balaban J connectivity index is 2.16. The van der Waals surface area contributed by atoms with Crippen LogP contribution in [0.25, 0.3) is 0 Å². The molecule has 1 fully saturated rings. The van der Waals surface area contributed by atoms with E-state index in [1.807, 2.05) is 0 Å². The maximum atomic E-state index is 13.4. The third kappa shape index (κ3) is 2.28. The normalized spacial score (nSPS) is 15.6. The zero-order valence-corrected chi connectivity index (χ0v) is 9.46. The highest BCUT2D eigenvalue weighted by atomic mass is 79.9. The highest BCUT2D eigenvalue weighted by Crippen LogP contribution is 2.18. The number of carbonyl (C=O) groups excluding carboxylic acids is 1. The SMILES string of the molecule is O=C1OCCN1Cc1cc(Br)ccc1F. The van der Waals surface area contributed by atoms with Crippen LogP contribution < -0.4 is 0 Å². The van der Waals surface area contributed by atoms with Crippen LogP contribution >= 0.6 is 15.9 Å². The van der Waals surface area contributed by atoms with E-state index in [1.54, 1.807) is 12.1 Å². The lowest BCUT2D eigenvalue weighted by atomic mass is 10.2. The first-order chi connectivity index (χ1) is 7.16. The van der Waals surface area contributed by atoms with Gasteiger partial charge in [-0.05, 0) is 18.2 Å². The first-order valence-corrected chi connectivity index (χ1v) is 5.32. The van der Waals surface area contributed by atoms with Crippen molar-refractivity contribution >= 4 is 22.0 Å². The molecule has 1 aromatic carbocycles. The summed E-state index contributed by atoms with van der Waals surface area (Å²) in [4.78, 5) is 12.6. The van der Waals surface area contributed by atoms with E-state index in [0.29, 0.717) is 18.7 Å². The van der Waals surface area contributed by atoms with E-state index < -0.39 is 0 Å². The third-order valence-electron chi connectivity index (χ3n) is 2.21. The van der Waals surface area contributed by atoms with Crippen molar-refractivity contribution in [1.82, 2.24) is 4.90 Å². The van der Waals surface area contributed by atoms with Gasteiger partial charge < -0.3 is 9.64 Å². The quantitative estimate of drug-likeness (QED) is 0.829. The van der Waals surface area contributed by atoms with Crippen LogP contribution in [0.15, 0.2) is 22.7 Å². The minimum absolute atomic E-state index is 0.254. The molecule has 15 heavy (non-hydrogen) atoms. The van der Waals surface area contributed by atoms with Gasteiger partial charge in [0.05, 0.1) is 13.1 Å². The van der Waals surface area contributed by atoms with Crippen LogP contribution in [0.3, 0.4) is 0 Å². The fraction of sp³-hybridized carbons (Fsp3) is 0.300. The number of rotatable bonds is 2. The van der Waals surface area contributed by atoms with Crippen LogP contribution in [0, 0.1) is 5.82 Å². The van der Waals surface area contributed by atoms with Crippen molar-refractivity contribution in [3.63, 3.8) is 0 Å². The molecule has 1 saturated heterocycles. The van der Waals surface area contributed by atoms with Crippen molar-refractivity contribution in [1.29, 1.82) is 0 Å². The molecule has 1 amide bonds. The number of cyclic esters (lactones) is 1. The molecule has 0 radical (unpaired) electrons. The Labute approximate surface area is 95.0 Å². The minimum atomic E-state index is -0.380. The summed E-state index contributed by atoms with van der Waals surface area (Å²) in [6, 6.07) is 4.67. The van der Waals surface area contributed by atoms with E-state index in [4.69, 9.17) is 4.74 Å². The first kappa shape index (κ1) is 10.4. The van der Waals surface area contributed by atoms with Gasteiger partial charge in [0, 0.05) is 10.0 Å². The summed E-state index contributed by atoms with van der Waals surface area (Å²) >= 11 is 3.26. The number of hydrogen-bond donors (Lipinski definition) is 0. The van der Waals surface area contributed by atoms with E-state index in [9.17, 15) is 9.18 Å². The monoisotopic (exact) mass is 273 g/mol. The Morgan fingerprint density at radius 3 is 3.00 bits per heavy atom. The number of benzene rings is 1. The Bertz CT molecular complexity index is 397. The lowest BCUT2D eigenvalue weighted by molar-refractivity contribution is 0.157. The molecule has 0 atom stereocenters. The van der Waals surface area contributed by atoms with Gasteiger partial charge in [-0.1, -0.05) is 15.9 Å². The molecule has 80 valence electrons. The second kappa shape index (κ2) is 4.18. The number of ether oxygens (including phenoxy) is 1. The Hall–Kier alpha value is -1.10. The predicted octanol–water partition coefficient (Wildman–Crippen LogP) is 2.54. The number of nitrogens with zero attached hydrogens (tertiary/aromatic N) is 1. The molecular weight excluding hydrogens is 265 g/mol. The number of amides is 1. The highest BCUT2D eigenvalue weighted by molar-refractivity contribution is 9.10. The molecule has 2 rings (SSSR count). The summed E-state index contributed by atoms with van der Waals surface area (Å²) in [6.45, 7) is 1.16. The molecule has 0 saturated carbocycles. The van der Waals surface area contributed by atoms with Gasteiger partial charge in [-0.3, -0.25) is 0 Å². The van der Waals surface area contributed by atoms with Crippen molar-refractivity contribution in [2.24, 2.45) is 0 Å². The van der Waals surface area contributed by atoms with E-state index in [-0.39, 0.29) is 18.5 Å². The smallest absolute Gasteiger partial charge is 0.410 e. The van der Waals surface area contributed by atoms with Gasteiger partial charge in [0.25, 0.3) is 0 Å². The fourth-order valence-electron chi connectivity index (χ4n) is 1.44. The number of halogens is 2. The second-order valence-electron chi connectivity index (χ2n) is 3.27. The summed E-state index contributed by atoms with van der Waals surface area (Å²) in [5.41, 5.74) is 0.489. The molecule has 1 aliphatic heterocycles. The van der Waals surface area contributed by atoms with Gasteiger partial charge in [0.2, 0.25) is 0 Å². The van der Waals surface area contributed by atoms with Crippen molar-refractivity contribution < 1.29 is 13.9 Å². The molecular formula is C10H9BrFNO2. The molecule has 3 nitrogen and oxygen atoms in total. The summed E-state index contributed by atoms with van der Waals surface area (Å²) in [5.74, 6) is -0.307. The molecule has 1 heterocycles. The largest absolute Gasteiger partial charge is 0.448 e. The third-order valence-corrected chi connectivity index (χ3v) is 2.71. The first-order valence-electron chi connectivity index (χ1n) is 4.52. The second-order valence-corrected chi connectivity index (χ2v) is 4.19. The summed E-state index contributed by atoms with van der Waals surface area (Å²) in [5, 5.41) is 0. The van der Waals surface area contributed by atoms with E-state index in [0.717, 1.165) is 4.47 Å². The maximum absolute atomic E-state index is 13.4. The van der Waals surface area contributed by atoms with Gasteiger partial charge in [-0.2, -0.15) is 0 Å². The Morgan fingerprint density at radius 2 is 2.33 bits per heavy atom. The molecule has 0 aromatic heterocycles. The number of hydrogen-bond acceptors (Lipinski definition) is 2. The standard InChI is InChI=1S/C10H9BrFNO2/c11-8-1-2-9(12)7(5-8)6-13-3-4-15-10(13)14/h1-2,5H,3-4,6H2. The molecule has 0 bridgehead atoms. The molecule has 0 unspecified atom stereocenters. The van der Waals surface area contributed by atoms with E-state index >= 15 is 0 Å². The molecule has 1 aromatic rings. The van der Waals surface area contributed by atoms with Crippen LogP contribution in [0.4, 0.5) is 9.18 Å². The van der Waals surface area contributed by atoms with Crippen molar-refractivity contribution in [3.05, 3.63) is 34.1 Å². The van der Waals surface area contributed by atoms with Crippen molar-refractivity contribution in [2.45, 2.75) is 6.54 Å². The average Bonchev–Trinajstić information content (AvgIpc) is 2.58. The Kier molecular flexibility index (Phi) is 2.90. The summed E-state index contributed by atoms with van der Waals surface area (Å²) in [6.07, 6.45) is -0.380. The molecule has 5 heteroatoms. The minimum Gasteiger partial charge on any atom is -0.448 e. The van der Waals surface area contributed by atoms with Crippen LogP contribution in [-0.2, 0) is 11.3 Å². The van der Waals surface area contributed by atoms with Gasteiger partial charge in [0.1, 0.15) is 12.4 Å². The predicted molar refractivity (Wildman–Crippen MR) is 55.9 cm³/mol. The van der Waals surface area contributed by atoms with Crippen LogP contribution in [0.1, 0.15) is 5.56 Å². The van der Waals surface area contributed by atoms with Gasteiger partial charge >= 0.3 is 6.09 Å².